The summed E-state index contributed by atoms with van der Waals surface area (Å²) in [5.41, 5.74) is 9.82. The van der Waals surface area contributed by atoms with E-state index in [2.05, 4.69) is 36.2 Å². The Morgan fingerprint density at radius 1 is 1.05 bits per heavy atom. The van der Waals surface area contributed by atoms with Crippen LogP contribution in [0, 0.1) is 11.8 Å². The van der Waals surface area contributed by atoms with Gasteiger partial charge in [0, 0.05) is 18.1 Å². The molecule has 3 aliphatic rings. The van der Waals surface area contributed by atoms with Crippen molar-refractivity contribution in [3.63, 3.8) is 0 Å². The molecule has 1 aromatic carbocycles. The van der Waals surface area contributed by atoms with Crippen molar-refractivity contribution in [1.29, 1.82) is 0 Å². The maximum Gasteiger partial charge on any atom is 0.0394 e. The van der Waals surface area contributed by atoms with Gasteiger partial charge in [0.25, 0.3) is 0 Å². The standard InChI is InChI=1S/C18H26N2/c1-20(17-8-9-17)18(12-19)15-6-7-16(18)11-14-5-3-2-4-13(14)10-15/h2-5,15-17H,6-12,19H2,1H3. The Bertz CT molecular complexity index is 473. The van der Waals surface area contributed by atoms with Gasteiger partial charge in [0.2, 0.25) is 0 Å². The number of nitrogens with two attached hydrogens (primary N) is 1. The highest BCUT2D eigenvalue weighted by molar-refractivity contribution is 5.33. The van der Waals surface area contributed by atoms with E-state index >= 15 is 0 Å². The molecule has 2 fully saturated rings. The Morgan fingerprint density at radius 3 is 2.05 bits per heavy atom. The molecule has 0 amide bonds. The number of fused-ring (bicyclic) bond motifs is 3. The molecule has 108 valence electrons. The molecule has 0 saturated heterocycles. The number of nitrogens with zero attached hydrogens (tertiary/aromatic N) is 1. The molecule has 2 heteroatoms. The SMILES string of the molecule is CN(C1CC1)C1(CN)C2CCC1Cc1ccccc1C2. The molecule has 2 atom stereocenters. The van der Waals surface area contributed by atoms with Crippen molar-refractivity contribution in [2.24, 2.45) is 17.6 Å². The summed E-state index contributed by atoms with van der Waals surface area (Å²) in [6, 6.07) is 9.89. The van der Waals surface area contributed by atoms with Gasteiger partial charge in [-0.3, -0.25) is 4.90 Å². The number of hydrogen-bond acceptors (Lipinski definition) is 2. The first-order chi connectivity index (χ1) is 9.75. The first-order valence-corrected chi connectivity index (χ1v) is 8.25. The van der Waals surface area contributed by atoms with Gasteiger partial charge < -0.3 is 5.73 Å². The summed E-state index contributed by atoms with van der Waals surface area (Å²) in [5, 5.41) is 0. The second kappa shape index (κ2) is 4.57. The van der Waals surface area contributed by atoms with E-state index in [1.165, 1.54) is 38.5 Å². The Kier molecular flexibility index (Phi) is 2.94. The molecule has 4 rings (SSSR count). The Balaban J connectivity index is 1.75. The second-order valence-corrected chi connectivity index (χ2v) is 7.19. The molecule has 0 aromatic heterocycles. The van der Waals surface area contributed by atoms with Gasteiger partial charge in [0.1, 0.15) is 0 Å². The van der Waals surface area contributed by atoms with E-state index in [0.717, 1.165) is 24.4 Å². The lowest BCUT2D eigenvalue weighted by molar-refractivity contribution is 0.0393. The molecule has 2 nitrogen and oxygen atoms in total. The van der Waals surface area contributed by atoms with Gasteiger partial charge in [-0.1, -0.05) is 24.3 Å². The minimum absolute atomic E-state index is 0.264. The molecule has 0 spiro atoms. The number of benzene rings is 1. The van der Waals surface area contributed by atoms with Gasteiger partial charge in [-0.05, 0) is 68.5 Å². The Morgan fingerprint density at radius 2 is 1.60 bits per heavy atom. The zero-order chi connectivity index (χ0) is 13.7. The summed E-state index contributed by atoms with van der Waals surface area (Å²) < 4.78 is 0. The molecule has 0 aliphatic heterocycles. The minimum atomic E-state index is 0.264. The van der Waals surface area contributed by atoms with Crippen molar-refractivity contribution in [1.82, 2.24) is 4.90 Å². The van der Waals surface area contributed by atoms with Crippen LogP contribution in [-0.2, 0) is 12.8 Å². The third-order valence-electron chi connectivity index (χ3n) is 6.41. The molecule has 2 bridgehead atoms. The van der Waals surface area contributed by atoms with Crippen LogP contribution < -0.4 is 5.73 Å². The third-order valence-corrected chi connectivity index (χ3v) is 6.41. The van der Waals surface area contributed by atoms with Gasteiger partial charge in [-0.25, -0.2) is 0 Å². The third kappa shape index (κ3) is 1.71. The predicted molar refractivity (Wildman–Crippen MR) is 82.6 cm³/mol. The number of rotatable bonds is 3. The van der Waals surface area contributed by atoms with Crippen LogP contribution in [0.2, 0.25) is 0 Å². The van der Waals surface area contributed by atoms with Gasteiger partial charge in [-0.2, -0.15) is 0 Å². The molecule has 0 heterocycles. The fourth-order valence-corrected chi connectivity index (χ4v) is 5.13. The van der Waals surface area contributed by atoms with Gasteiger partial charge in [0.05, 0.1) is 0 Å². The number of hydrogen-bond donors (Lipinski definition) is 1. The predicted octanol–water partition coefficient (Wildman–Crippen LogP) is 2.60. The highest BCUT2D eigenvalue weighted by Crippen LogP contribution is 2.51. The average Bonchev–Trinajstić information content (AvgIpc) is 3.24. The quantitative estimate of drug-likeness (QED) is 0.915. The smallest absolute Gasteiger partial charge is 0.0394 e. The largest absolute Gasteiger partial charge is 0.329 e. The van der Waals surface area contributed by atoms with Crippen LogP contribution in [0.1, 0.15) is 36.8 Å². The number of likely N-dealkylation sites (N-methyl/N-ethyl adjacent to an activating group) is 1. The van der Waals surface area contributed by atoms with Crippen molar-refractivity contribution in [3.05, 3.63) is 35.4 Å². The van der Waals surface area contributed by atoms with Crippen LogP contribution in [0.3, 0.4) is 0 Å². The Labute approximate surface area is 122 Å². The summed E-state index contributed by atoms with van der Waals surface area (Å²) in [5.74, 6) is 1.51. The van der Waals surface area contributed by atoms with E-state index in [9.17, 15) is 0 Å². The topological polar surface area (TPSA) is 29.3 Å². The van der Waals surface area contributed by atoms with Gasteiger partial charge in [0.15, 0.2) is 0 Å². The van der Waals surface area contributed by atoms with Crippen LogP contribution in [-0.4, -0.2) is 30.1 Å². The van der Waals surface area contributed by atoms with Crippen molar-refractivity contribution >= 4 is 0 Å². The summed E-state index contributed by atoms with van der Waals surface area (Å²) in [6.45, 7) is 0.837. The summed E-state index contributed by atoms with van der Waals surface area (Å²) >= 11 is 0. The molecule has 20 heavy (non-hydrogen) atoms. The van der Waals surface area contributed by atoms with E-state index in [1.54, 1.807) is 11.1 Å². The van der Waals surface area contributed by atoms with Gasteiger partial charge >= 0.3 is 0 Å². The fraction of sp³-hybridized carbons (Fsp3) is 0.667. The van der Waals surface area contributed by atoms with Crippen molar-refractivity contribution in [2.45, 2.75) is 50.1 Å². The van der Waals surface area contributed by atoms with Crippen LogP contribution in [0.25, 0.3) is 0 Å². The lowest BCUT2D eigenvalue weighted by Gasteiger charge is -2.46. The molecular formula is C18H26N2. The molecule has 2 unspecified atom stereocenters. The average molecular weight is 270 g/mol. The monoisotopic (exact) mass is 270 g/mol. The lowest BCUT2D eigenvalue weighted by Crippen LogP contribution is -2.59. The minimum Gasteiger partial charge on any atom is -0.329 e. The maximum absolute atomic E-state index is 6.39. The summed E-state index contributed by atoms with van der Waals surface area (Å²) in [7, 11) is 2.35. The van der Waals surface area contributed by atoms with Crippen molar-refractivity contribution in [2.75, 3.05) is 13.6 Å². The second-order valence-electron chi connectivity index (χ2n) is 7.19. The zero-order valence-corrected chi connectivity index (χ0v) is 12.5. The highest BCUT2D eigenvalue weighted by Gasteiger charge is 2.55. The van der Waals surface area contributed by atoms with E-state index in [1.807, 2.05) is 0 Å². The normalized spacial score (nSPS) is 36.0. The molecule has 3 aliphatic carbocycles. The first-order valence-electron chi connectivity index (χ1n) is 8.25. The first kappa shape index (κ1) is 12.8. The molecule has 2 N–H and O–H groups in total. The molecule has 0 radical (unpaired) electrons. The molecular weight excluding hydrogens is 244 g/mol. The summed E-state index contributed by atoms with van der Waals surface area (Å²) in [6.07, 6.45) is 7.97. The lowest BCUT2D eigenvalue weighted by atomic mass is 9.77. The van der Waals surface area contributed by atoms with Crippen LogP contribution in [0.15, 0.2) is 24.3 Å². The summed E-state index contributed by atoms with van der Waals surface area (Å²) in [4.78, 5) is 2.70. The van der Waals surface area contributed by atoms with Crippen LogP contribution >= 0.6 is 0 Å². The van der Waals surface area contributed by atoms with Crippen LogP contribution in [0.4, 0.5) is 0 Å². The fourth-order valence-electron chi connectivity index (χ4n) is 5.13. The van der Waals surface area contributed by atoms with Gasteiger partial charge in [-0.15, -0.1) is 0 Å². The van der Waals surface area contributed by atoms with E-state index in [0.29, 0.717) is 0 Å². The Hall–Kier alpha value is -0.860. The highest BCUT2D eigenvalue weighted by atomic mass is 15.2. The molecule has 2 saturated carbocycles. The van der Waals surface area contributed by atoms with Crippen LogP contribution in [0.5, 0.6) is 0 Å². The van der Waals surface area contributed by atoms with Crippen molar-refractivity contribution < 1.29 is 0 Å². The van der Waals surface area contributed by atoms with E-state index in [-0.39, 0.29) is 5.54 Å². The zero-order valence-electron chi connectivity index (χ0n) is 12.5. The van der Waals surface area contributed by atoms with Crippen molar-refractivity contribution in [3.8, 4) is 0 Å². The maximum atomic E-state index is 6.39. The van der Waals surface area contributed by atoms with E-state index in [4.69, 9.17) is 5.73 Å². The van der Waals surface area contributed by atoms with E-state index < -0.39 is 0 Å². The molecule has 1 aromatic rings.